The van der Waals surface area contributed by atoms with Gasteiger partial charge in [0.15, 0.2) is 11.5 Å². The summed E-state index contributed by atoms with van der Waals surface area (Å²) in [7, 11) is 4.61. The number of hydrogen-bond acceptors (Lipinski definition) is 6. The standard InChI is InChI=1S/C17H19N3O4/c1-11(19-20-17(21)12-7-9-18-10-8-12)13-5-6-14(22-2)16(24-4)15(13)23-3/h5-10H,1-4H3,(H,20,21)/b19-11-. The number of nitrogens with zero attached hydrogens (tertiary/aromatic N) is 2. The summed E-state index contributed by atoms with van der Waals surface area (Å²) in [6.07, 6.45) is 3.09. The van der Waals surface area contributed by atoms with Crippen molar-refractivity contribution in [2.45, 2.75) is 6.92 Å². The molecule has 1 aromatic heterocycles. The van der Waals surface area contributed by atoms with E-state index in [9.17, 15) is 4.79 Å². The molecule has 0 unspecified atom stereocenters. The van der Waals surface area contributed by atoms with Crippen LogP contribution in [0.1, 0.15) is 22.8 Å². The number of rotatable bonds is 6. The predicted molar refractivity (Wildman–Crippen MR) is 90.0 cm³/mol. The molecule has 0 saturated heterocycles. The molecule has 0 aliphatic rings. The molecule has 0 aliphatic heterocycles. The number of carbonyl (C=O) groups excluding carboxylic acids is 1. The highest BCUT2D eigenvalue weighted by Gasteiger charge is 2.17. The fourth-order valence-electron chi connectivity index (χ4n) is 2.15. The van der Waals surface area contributed by atoms with Gasteiger partial charge in [-0.25, -0.2) is 5.43 Å². The first-order chi connectivity index (χ1) is 11.6. The third kappa shape index (κ3) is 3.62. The van der Waals surface area contributed by atoms with Gasteiger partial charge in [0.2, 0.25) is 5.75 Å². The normalized spacial score (nSPS) is 10.9. The van der Waals surface area contributed by atoms with Crippen LogP contribution in [0.4, 0.5) is 0 Å². The third-order valence-electron chi connectivity index (χ3n) is 3.36. The number of pyridine rings is 1. The summed E-state index contributed by atoms with van der Waals surface area (Å²) in [5, 5.41) is 4.13. The summed E-state index contributed by atoms with van der Waals surface area (Å²) >= 11 is 0. The van der Waals surface area contributed by atoms with Crippen molar-refractivity contribution in [3.63, 3.8) is 0 Å². The van der Waals surface area contributed by atoms with Crippen molar-refractivity contribution < 1.29 is 19.0 Å². The largest absolute Gasteiger partial charge is 0.493 e. The van der Waals surface area contributed by atoms with Crippen molar-refractivity contribution >= 4 is 11.6 Å². The topological polar surface area (TPSA) is 82.0 Å². The SMILES string of the molecule is COc1ccc(/C(C)=N\NC(=O)c2ccncc2)c(OC)c1OC. The lowest BCUT2D eigenvalue weighted by molar-refractivity contribution is 0.0954. The fourth-order valence-corrected chi connectivity index (χ4v) is 2.15. The van der Waals surface area contributed by atoms with Gasteiger partial charge in [-0.15, -0.1) is 0 Å². The van der Waals surface area contributed by atoms with Crippen LogP contribution in [-0.4, -0.2) is 37.9 Å². The molecule has 1 aromatic carbocycles. The highest BCUT2D eigenvalue weighted by atomic mass is 16.5. The zero-order valence-electron chi connectivity index (χ0n) is 14.0. The number of ether oxygens (including phenoxy) is 3. The average molecular weight is 329 g/mol. The maximum absolute atomic E-state index is 12.0. The Morgan fingerprint density at radius 1 is 1.00 bits per heavy atom. The van der Waals surface area contributed by atoms with Crippen LogP contribution in [0.2, 0.25) is 0 Å². The van der Waals surface area contributed by atoms with Gasteiger partial charge in [-0.3, -0.25) is 9.78 Å². The summed E-state index contributed by atoms with van der Waals surface area (Å²) in [6.45, 7) is 1.76. The monoisotopic (exact) mass is 329 g/mol. The van der Waals surface area contributed by atoms with E-state index in [0.717, 1.165) is 0 Å². The van der Waals surface area contributed by atoms with Crippen LogP contribution in [-0.2, 0) is 0 Å². The van der Waals surface area contributed by atoms with Crippen LogP contribution in [0.3, 0.4) is 0 Å². The van der Waals surface area contributed by atoms with Crippen molar-refractivity contribution in [3.05, 3.63) is 47.8 Å². The number of benzene rings is 1. The van der Waals surface area contributed by atoms with E-state index in [-0.39, 0.29) is 5.91 Å². The molecule has 0 radical (unpaired) electrons. The summed E-state index contributed by atoms with van der Waals surface area (Å²) in [5.74, 6) is 1.17. The lowest BCUT2D eigenvalue weighted by Crippen LogP contribution is -2.19. The zero-order valence-corrected chi connectivity index (χ0v) is 14.0. The van der Waals surface area contributed by atoms with E-state index in [4.69, 9.17) is 14.2 Å². The average Bonchev–Trinajstić information content (AvgIpc) is 2.64. The first kappa shape index (κ1) is 17.3. The summed E-state index contributed by atoms with van der Waals surface area (Å²) in [4.78, 5) is 15.9. The molecule has 0 saturated carbocycles. The van der Waals surface area contributed by atoms with Crippen LogP contribution in [0.15, 0.2) is 41.8 Å². The minimum absolute atomic E-state index is 0.323. The lowest BCUT2D eigenvalue weighted by atomic mass is 10.1. The maximum atomic E-state index is 12.0. The second-order valence-electron chi connectivity index (χ2n) is 4.76. The molecule has 0 fully saturated rings. The Kier molecular flexibility index (Phi) is 5.73. The highest BCUT2D eigenvalue weighted by Crippen LogP contribution is 2.39. The number of hydrogen-bond donors (Lipinski definition) is 1. The van der Waals surface area contributed by atoms with Crippen LogP contribution in [0, 0.1) is 0 Å². The molecule has 0 spiro atoms. The number of hydrazone groups is 1. The smallest absolute Gasteiger partial charge is 0.271 e. The molecular formula is C17H19N3O4. The lowest BCUT2D eigenvalue weighted by Gasteiger charge is -2.15. The van der Waals surface area contributed by atoms with E-state index < -0.39 is 0 Å². The second kappa shape index (κ2) is 7.96. The van der Waals surface area contributed by atoms with Crippen LogP contribution in [0.5, 0.6) is 17.2 Å². The molecular weight excluding hydrogens is 310 g/mol. The Bertz CT molecular complexity index is 745. The predicted octanol–water partition coefficient (Wildman–Crippen LogP) is 2.26. The Labute approximate surface area is 140 Å². The Morgan fingerprint density at radius 2 is 1.67 bits per heavy atom. The van der Waals surface area contributed by atoms with E-state index in [1.165, 1.54) is 14.2 Å². The van der Waals surface area contributed by atoms with Gasteiger partial charge in [-0.05, 0) is 31.2 Å². The van der Waals surface area contributed by atoms with Gasteiger partial charge in [0.1, 0.15) is 0 Å². The van der Waals surface area contributed by atoms with Gasteiger partial charge >= 0.3 is 0 Å². The number of amides is 1. The Balaban J connectivity index is 2.29. The molecule has 2 aromatic rings. The van der Waals surface area contributed by atoms with Crippen molar-refractivity contribution in [1.29, 1.82) is 0 Å². The quantitative estimate of drug-likeness (QED) is 0.649. The molecule has 126 valence electrons. The van der Waals surface area contributed by atoms with E-state index in [2.05, 4.69) is 15.5 Å². The first-order valence-corrected chi connectivity index (χ1v) is 7.16. The van der Waals surface area contributed by atoms with Crippen LogP contribution >= 0.6 is 0 Å². The third-order valence-corrected chi connectivity index (χ3v) is 3.36. The number of aromatic nitrogens is 1. The molecule has 1 amide bonds. The fraction of sp³-hybridized carbons (Fsp3) is 0.235. The molecule has 0 bridgehead atoms. The van der Waals surface area contributed by atoms with Crippen LogP contribution < -0.4 is 19.6 Å². The van der Waals surface area contributed by atoms with Crippen molar-refractivity contribution in [2.75, 3.05) is 21.3 Å². The molecule has 1 heterocycles. The minimum atomic E-state index is -0.323. The molecule has 0 aliphatic carbocycles. The van der Waals surface area contributed by atoms with E-state index >= 15 is 0 Å². The second-order valence-corrected chi connectivity index (χ2v) is 4.76. The molecule has 1 N–H and O–H groups in total. The molecule has 24 heavy (non-hydrogen) atoms. The summed E-state index contributed by atoms with van der Waals surface area (Å²) in [5.41, 5.74) is 4.23. The van der Waals surface area contributed by atoms with E-state index in [1.807, 2.05) is 0 Å². The first-order valence-electron chi connectivity index (χ1n) is 7.16. The Hall–Kier alpha value is -3.09. The van der Waals surface area contributed by atoms with Crippen LogP contribution in [0.25, 0.3) is 0 Å². The van der Waals surface area contributed by atoms with Crippen molar-refractivity contribution in [1.82, 2.24) is 10.4 Å². The number of methoxy groups -OCH3 is 3. The molecule has 7 heteroatoms. The van der Waals surface area contributed by atoms with Gasteiger partial charge in [0, 0.05) is 23.5 Å². The van der Waals surface area contributed by atoms with Gasteiger partial charge in [0.05, 0.1) is 27.0 Å². The number of nitrogens with one attached hydrogen (secondary N) is 1. The molecule has 0 atom stereocenters. The summed E-state index contributed by atoms with van der Waals surface area (Å²) < 4.78 is 16.0. The van der Waals surface area contributed by atoms with Gasteiger partial charge in [0.25, 0.3) is 5.91 Å². The molecule has 2 rings (SSSR count). The van der Waals surface area contributed by atoms with Crippen molar-refractivity contribution in [3.8, 4) is 17.2 Å². The summed E-state index contributed by atoms with van der Waals surface area (Å²) in [6, 6.07) is 6.76. The molecule has 7 nitrogen and oxygen atoms in total. The van der Waals surface area contributed by atoms with Gasteiger partial charge < -0.3 is 14.2 Å². The zero-order chi connectivity index (χ0) is 17.5. The van der Waals surface area contributed by atoms with E-state index in [1.54, 1.807) is 50.7 Å². The van der Waals surface area contributed by atoms with Gasteiger partial charge in [-0.2, -0.15) is 5.10 Å². The Morgan fingerprint density at radius 3 is 2.25 bits per heavy atom. The minimum Gasteiger partial charge on any atom is -0.493 e. The highest BCUT2D eigenvalue weighted by molar-refractivity contribution is 6.03. The van der Waals surface area contributed by atoms with Crippen molar-refractivity contribution in [2.24, 2.45) is 5.10 Å². The number of carbonyl (C=O) groups is 1. The van der Waals surface area contributed by atoms with E-state index in [0.29, 0.717) is 34.1 Å². The maximum Gasteiger partial charge on any atom is 0.271 e. The van der Waals surface area contributed by atoms with Gasteiger partial charge in [-0.1, -0.05) is 0 Å².